The summed E-state index contributed by atoms with van der Waals surface area (Å²) in [6.07, 6.45) is 0. The summed E-state index contributed by atoms with van der Waals surface area (Å²) in [7, 11) is 1.34. The highest BCUT2D eigenvalue weighted by molar-refractivity contribution is 6.34. The fourth-order valence-electron chi connectivity index (χ4n) is 3.02. The molecule has 1 aromatic heterocycles. The summed E-state index contributed by atoms with van der Waals surface area (Å²) in [5.41, 5.74) is 3.38. The molecule has 0 unspecified atom stereocenters. The standard InChI is InChI=1S/C20H13ClO3/c1-23-20(22)18-13(7-5-10-16(18)21)15-9-4-8-14-12-6-2-3-11-17(12)24-19(14)15/h2-11H,1H3. The number of benzene rings is 3. The molecule has 0 saturated heterocycles. The summed E-state index contributed by atoms with van der Waals surface area (Å²) in [5, 5.41) is 2.39. The molecule has 0 aliphatic rings. The number of carbonyl (C=O) groups is 1. The zero-order valence-corrected chi connectivity index (χ0v) is 13.6. The third kappa shape index (κ3) is 2.17. The number of hydrogen-bond donors (Lipinski definition) is 0. The van der Waals surface area contributed by atoms with Crippen molar-refractivity contribution in [3.05, 3.63) is 71.2 Å². The Hall–Kier alpha value is -2.78. The first kappa shape index (κ1) is 14.8. The van der Waals surface area contributed by atoms with Crippen molar-refractivity contribution in [1.29, 1.82) is 0 Å². The number of furan rings is 1. The fourth-order valence-corrected chi connectivity index (χ4v) is 3.27. The number of rotatable bonds is 2. The number of esters is 1. The predicted molar refractivity (Wildman–Crippen MR) is 95.5 cm³/mol. The van der Waals surface area contributed by atoms with Gasteiger partial charge in [0.1, 0.15) is 11.2 Å². The van der Waals surface area contributed by atoms with Crippen molar-refractivity contribution in [3.8, 4) is 11.1 Å². The molecule has 3 aromatic carbocycles. The van der Waals surface area contributed by atoms with Crippen LogP contribution in [-0.4, -0.2) is 13.1 Å². The minimum atomic E-state index is -0.469. The largest absolute Gasteiger partial charge is 0.465 e. The minimum Gasteiger partial charge on any atom is -0.465 e. The Bertz CT molecular complexity index is 1080. The molecule has 4 heteroatoms. The van der Waals surface area contributed by atoms with Gasteiger partial charge in [-0.25, -0.2) is 4.79 Å². The van der Waals surface area contributed by atoms with E-state index in [1.807, 2.05) is 54.6 Å². The van der Waals surface area contributed by atoms with Gasteiger partial charge < -0.3 is 9.15 Å². The molecule has 0 fully saturated rings. The molecular formula is C20H13ClO3. The lowest BCUT2D eigenvalue weighted by Crippen LogP contribution is -2.04. The van der Waals surface area contributed by atoms with Crippen molar-refractivity contribution in [2.45, 2.75) is 0 Å². The average molecular weight is 337 g/mol. The molecule has 0 atom stereocenters. The number of methoxy groups -OCH3 is 1. The van der Waals surface area contributed by atoms with Crippen molar-refractivity contribution in [2.24, 2.45) is 0 Å². The summed E-state index contributed by atoms with van der Waals surface area (Å²) >= 11 is 6.25. The average Bonchev–Trinajstić information content (AvgIpc) is 2.99. The van der Waals surface area contributed by atoms with E-state index in [0.29, 0.717) is 16.1 Å². The normalized spacial score (nSPS) is 11.1. The van der Waals surface area contributed by atoms with Crippen LogP contribution in [0.5, 0.6) is 0 Å². The van der Waals surface area contributed by atoms with Crippen LogP contribution in [0.3, 0.4) is 0 Å². The van der Waals surface area contributed by atoms with Crippen molar-refractivity contribution >= 4 is 39.5 Å². The molecule has 0 saturated carbocycles. The van der Waals surface area contributed by atoms with E-state index in [1.165, 1.54) is 7.11 Å². The smallest absolute Gasteiger partial charge is 0.340 e. The quantitative estimate of drug-likeness (QED) is 0.441. The Morgan fingerprint density at radius 2 is 1.62 bits per heavy atom. The molecule has 0 spiro atoms. The molecule has 0 amide bonds. The van der Waals surface area contributed by atoms with Gasteiger partial charge in [-0.15, -0.1) is 0 Å². The van der Waals surface area contributed by atoms with E-state index in [4.69, 9.17) is 20.8 Å². The molecule has 1 heterocycles. The van der Waals surface area contributed by atoms with Gasteiger partial charge in [0.15, 0.2) is 0 Å². The first-order valence-corrected chi connectivity index (χ1v) is 7.86. The monoisotopic (exact) mass is 336 g/mol. The summed E-state index contributed by atoms with van der Waals surface area (Å²) in [5.74, 6) is -0.469. The van der Waals surface area contributed by atoms with Gasteiger partial charge in [0.25, 0.3) is 0 Å². The van der Waals surface area contributed by atoms with Crippen LogP contribution in [-0.2, 0) is 4.74 Å². The third-order valence-corrected chi connectivity index (χ3v) is 4.41. The SMILES string of the molecule is COC(=O)c1c(Cl)cccc1-c1cccc2c1oc1ccccc12. The summed E-state index contributed by atoms with van der Waals surface area (Å²) < 4.78 is 10.9. The van der Waals surface area contributed by atoms with E-state index in [0.717, 1.165) is 27.5 Å². The Balaban J connectivity index is 2.08. The number of carbonyl (C=O) groups excluding carboxylic acids is 1. The zero-order valence-electron chi connectivity index (χ0n) is 12.9. The summed E-state index contributed by atoms with van der Waals surface area (Å²) in [6.45, 7) is 0. The number of hydrogen-bond acceptors (Lipinski definition) is 3. The van der Waals surface area contributed by atoms with E-state index in [-0.39, 0.29) is 0 Å². The molecule has 0 aliphatic heterocycles. The third-order valence-electron chi connectivity index (χ3n) is 4.10. The molecule has 3 nitrogen and oxygen atoms in total. The maximum Gasteiger partial charge on any atom is 0.340 e. The van der Waals surface area contributed by atoms with Gasteiger partial charge in [-0.3, -0.25) is 0 Å². The molecule has 118 valence electrons. The molecule has 0 N–H and O–H groups in total. The molecule has 4 rings (SSSR count). The van der Waals surface area contributed by atoms with Gasteiger partial charge in [0.2, 0.25) is 0 Å². The lowest BCUT2D eigenvalue weighted by molar-refractivity contribution is 0.0602. The predicted octanol–water partition coefficient (Wildman–Crippen LogP) is 5.69. The highest BCUT2D eigenvalue weighted by atomic mass is 35.5. The molecule has 4 aromatic rings. The molecule has 24 heavy (non-hydrogen) atoms. The number of ether oxygens (including phenoxy) is 1. The second-order valence-electron chi connectivity index (χ2n) is 5.43. The highest BCUT2D eigenvalue weighted by Crippen LogP contribution is 2.38. The van der Waals surface area contributed by atoms with Gasteiger partial charge in [-0.2, -0.15) is 0 Å². The van der Waals surface area contributed by atoms with Gasteiger partial charge in [0.05, 0.1) is 17.7 Å². The van der Waals surface area contributed by atoms with E-state index in [2.05, 4.69) is 0 Å². The summed E-state index contributed by atoms with van der Waals surface area (Å²) in [6, 6.07) is 19.1. The number of fused-ring (bicyclic) bond motifs is 3. The maximum atomic E-state index is 12.2. The van der Waals surface area contributed by atoms with E-state index in [1.54, 1.807) is 6.07 Å². The Morgan fingerprint density at radius 1 is 0.917 bits per heavy atom. The van der Waals surface area contributed by atoms with Crippen LogP contribution in [0.2, 0.25) is 5.02 Å². The lowest BCUT2D eigenvalue weighted by atomic mass is 9.97. The van der Waals surface area contributed by atoms with Crippen LogP contribution in [0.25, 0.3) is 33.1 Å². The van der Waals surface area contributed by atoms with Crippen LogP contribution >= 0.6 is 11.6 Å². The van der Waals surface area contributed by atoms with E-state index >= 15 is 0 Å². The van der Waals surface area contributed by atoms with Crippen LogP contribution in [0, 0.1) is 0 Å². The zero-order chi connectivity index (χ0) is 16.7. The van der Waals surface area contributed by atoms with Gasteiger partial charge in [0, 0.05) is 21.9 Å². The number of halogens is 1. The lowest BCUT2D eigenvalue weighted by Gasteiger charge is -2.10. The topological polar surface area (TPSA) is 39.4 Å². The van der Waals surface area contributed by atoms with Gasteiger partial charge >= 0.3 is 5.97 Å². The highest BCUT2D eigenvalue weighted by Gasteiger charge is 2.20. The van der Waals surface area contributed by atoms with Crippen molar-refractivity contribution in [2.75, 3.05) is 7.11 Å². The Labute approximate surface area is 143 Å². The van der Waals surface area contributed by atoms with Crippen LogP contribution in [0.15, 0.2) is 65.1 Å². The second-order valence-corrected chi connectivity index (χ2v) is 5.84. The fraction of sp³-hybridized carbons (Fsp3) is 0.0500. The van der Waals surface area contributed by atoms with Crippen LogP contribution in [0.1, 0.15) is 10.4 Å². The second kappa shape index (κ2) is 5.69. The Morgan fingerprint density at radius 3 is 2.46 bits per heavy atom. The van der Waals surface area contributed by atoms with Gasteiger partial charge in [-0.05, 0) is 12.1 Å². The number of para-hydroxylation sites is 2. The van der Waals surface area contributed by atoms with Gasteiger partial charge in [-0.1, -0.05) is 60.1 Å². The van der Waals surface area contributed by atoms with E-state index < -0.39 is 5.97 Å². The first-order chi connectivity index (χ1) is 11.7. The molecular weight excluding hydrogens is 324 g/mol. The van der Waals surface area contributed by atoms with Crippen molar-refractivity contribution < 1.29 is 13.9 Å². The van der Waals surface area contributed by atoms with Crippen molar-refractivity contribution in [1.82, 2.24) is 0 Å². The van der Waals surface area contributed by atoms with Crippen LogP contribution in [0.4, 0.5) is 0 Å². The van der Waals surface area contributed by atoms with E-state index in [9.17, 15) is 4.79 Å². The summed E-state index contributed by atoms with van der Waals surface area (Å²) in [4.78, 5) is 12.2. The van der Waals surface area contributed by atoms with Crippen molar-refractivity contribution in [3.63, 3.8) is 0 Å². The minimum absolute atomic E-state index is 0.342. The molecule has 0 bridgehead atoms. The Kier molecular flexibility index (Phi) is 3.51. The molecule has 0 aliphatic carbocycles. The first-order valence-electron chi connectivity index (χ1n) is 7.48. The molecule has 0 radical (unpaired) electrons. The van der Waals surface area contributed by atoms with Crippen LogP contribution < -0.4 is 0 Å². The maximum absolute atomic E-state index is 12.2.